The minimum absolute atomic E-state index is 0. The standard InChI is InChI=1S/C18H20F3N3O2.ClH/c19-18(20,21)13-26-16-8-7-15(11-23-16)17(25)24(10-4-9-22)12-14-5-2-1-3-6-14;/h1-3,5-8,11H,4,9-10,12-13,22H2;1H. The minimum Gasteiger partial charge on any atom is -0.468 e. The summed E-state index contributed by atoms with van der Waals surface area (Å²) < 4.78 is 41.0. The highest BCUT2D eigenvalue weighted by molar-refractivity contribution is 5.94. The van der Waals surface area contributed by atoms with E-state index in [9.17, 15) is 18.0 Å². The molecular weight excluding hydrogens is 383 g/mol. The SMILES string of the molecule is Cl.NCCCN(Cc1ccccc1)C(=O)c1ccc(OCC(F)(F)F)nc1. The molecule has 27 heavy (non-hydrogen) atoms. The van der Waals surface area contributed by atoms with Gasteiger partial charge in [0, 0.05) is 25.4 Å². The Morgan fingerprint density at radius 2 is 1.85 bits per heavy atom. The van der Waals surface area contributed by atoms with E-state index in [1.54, 1.807) is 4.90 Å². The van der Waals surface area contributed by atoms with E-state index in [0.717, 1.165) is 5.56 Å². The molecule has 0 aliphatic carbocycles. The maximum absolute atomic E-state index is 12.7. The number of ether oxygens (including phenoxy) is 1. The summed E-state index contributed by atoms with van der Waals surface area (Å²) in [6.07, 6.45) is -2.59. The summed E-state index contributed by atoms with van der Waals surface area (Å²) in [5.41, 5.74) is 6.78. The maximum atomic E-state index is 12.7. The number of hydrogen-bond acceptors (Lipinski definition) is 4. The summed E-state index contributed by atoms with van der Waals surface area (Å²) in [7, 11) is 0. The molecule has 5 nitrogen and oxygen atoms in total. The van der Waals surface area contributed by atoms with Gasteiger partial charge in [-0.25, -0.2) is 4.98 Å². The van der Waals surface area contributed by atoms with E-state index in [2.05, 4.69) is 9.72 Å². The second kappa shape index (κ2) is 10.7. The van der Waals surface area contributed by atoms with Gasteiger partial charge in [0.1, 0.15) is 0 Å². The number of benzene rings is 1. The van der Waals surface area contributed by atoms with Crippen LogP contribution in [0, 0.1) is 0 Å². The van der Waals surface area contributed by atoms with E-state index in [1.165, 1.54) is 18.3 Å². The summed E-state index contributed by atoms with van der Waals surface area (Å²) in [5.74, 6) is -0.451. The van der Waals surface area contributed by atoms with Crippen molar-refractivity contribution in [3.63, 3.8) is 0 Å². The average molecular weight is 404 g/mol. The van der Waals surface area contributed by atoms with Crippen LogP contribution in [0.2, 0.25) is 0 Å². The molecule has 2 rings (SSSR count). The monoisotopic (exact) mass is 403 g/mol. The van der Waals surface area contributed by atoms with Crippen LogP contribution in [0.4, 0.5) is 13.2 Å². The number of nitrogens with zero attached hydrogens (tertiary/aromatic N) is 2. The van der Waals surface area contributed by atoms with E-state index in [4.69, 9.17) is 5.73 Å². The number of pyridine rings is 1. The van der Waals surface area contributed by atoms with Crippen LogP contribution in [-0.2, 0) is 6.54 Å². The van der Waals surface area contributed by atoms with Crippen molar-refractivity contribution in [3.8, 4) is 5.88 Å². The molecule has 0 saturated heterocycles. The summed E-state index contributed by atoms with van der Waals surface area (Å²) in [6.45, 7) is -0.104. The van der Waals surface area contributed by atoms with Gasteiger partial charge in [0.2, 0.25) is 5.88 Å². The number of alkyl halides is 3. The number of rotatable bonds is 8. The van der Waals surface area contributed by atoms with Crippen molar-refractivity contribution in [2.24, 2.45) is 5.73 Å². The van der Waals surface area contributed by atoms with E-state index in [0.29, 0.717) is 26.1 Å². The molecule has 9 heteroatoms. The number of aromatic nitrogens is 1. The molecule has 1 amide bonds. The molecule has 0 atom stereocenters. The van der Waals surface area contributed by atoms with E-state index in [1.807, 2.05) is 30.3 Å². The van der Waals surface area contributed by atoms with Crippen LogP contribution in [0.3, 0.4) is 0 Å². The number of nitrogens with two attached hydrogens (primary N) is 1. The van der Waals surface area contributed by atoms with Crippen molar-refractivity contribution < 1.29 is 22.7 Å². The van der Waals surface area contributed by atoms with Crippen LogP contribution in [0.1, 0.15) is 22.3 Å². The van der Waals surface area contributed by atoms with Crippen molar-refractivity contribution >= 4 is 18.3 Å². The van der Waals surface area contributed by atoms with Gasteiger partial charge in [0.25, 0.3) is 5.91 Å². The maximum Gasteiger partial charge on any atom is 0.422 e. The first-order chi connectivity index (χ1) is 12.4. The van der Waals surface area contributed by atoms with Crippen molar-refractivity contribution in [1.82, 2.24) is 9.88 Å². The zero-order valence-electron chi connectivity index (χ0n) is 14.5. The molecule has 1 heterocycles. The Hall–Kier alpha value is -2.32. The molecule has 2 aromatic rings. The van der Waals surface area contributed by atoms with Gasteiger partial charge in [-0.15, -0.1) is 12.4 Å². The van der Waals surface area contributed by atoms with Crippen LogP contribution < -0.4 is 10.5 Å². The Balaban J connectivity index is 0.00000364. The topological polar surface area (TPSA) is 68.5 Å². The first-order valence-corrected chi connectivity index (χ1v) is 8.08. The molecule has 0 unspecified atom stereocenters. The lowest BCUT2D eigenvalue weighted by Gasteiger charge is -2.22. The third-order valence-electron chi connectivity index (χ3n) is 3.50. The Morgan fingerprint density at radius 3 is 2.41 bits per heavy atom. The largest absolute Gasteiger partial charge is 0.468 e. The highest BCUT2D eigenvalue weighted by Crippen LogP contribution is 2.18. The van der Waals surface area contributed by atoms with Crippen molar-refractivity contribution in [2.75, 3.05) is 19.7 Å². The number of halogens is 4. The first-order valence-electron chi connectivity index (χ1n) is 8.08. The molecule has 0 saturated carbocycles. The van der Waals surface area contributed by atoms with Gasteiger partial charge in [0.15, 0.2) is 6.61 Å². The highest BCUT2D eigenvalue weighted by Gasteiger charge is 2.28. The fraction of sp³-hybridized carbons (Fsp3) is 0.333. The molecule has 2 N–H and O–H groups in total. The van der Waals surface area contributed by atoms with E-state index < -0.39 is 12.8 Å². The molecule has 1 aromatic carbocycles. The lowest BCUT2D eigenvalue weighted by atomic mass is 10.1. The zero-order chi connectivity index (χ0) is 19.0. The van der Waals surface area contributed by atoms with Gasteiger partial charge >= 0.3 is 6.18 Å². The summed E-state index contributed by atoms with van der Waals surface area (Å²) in [5, 5.41) is 0. The fourth-order valence-electron chi connectivity index (χ4n) is 2.27. The van der Waals surface area contributed by atoms with Gasteiger partial charge in [0.05, 0.1) is 5.56 Å². The molecule has 0 fully saturated rings. The predicted molar refractivity (Wildman–Crippen MR) is 97.9 cm³/mol. The smallest absolute Gasteiger partial charge is 0.422 e. The highest BCUT2D eigenvalue weighted by atomic mass is 35.5. The van der Waals surface area contributed by atoms with Gasteiger partial charge in [-0.2, -0.15) is 13.2 Å². The number of amides is 1. The lowest BCUT2D eigenvalue weighted by molar-refractivity contribution is -0.154. The van der Waals surface area contributed by atoms with Gasteiger partial charge in [-0.05, 0) is 24.6 Å². The summed E-state index contributed by atoms with van der Waals surface area (Å²) >= 11 is 0. The van der Waals surface area contributed by atoms with Gasteiger partial charge < -0.3 is 15.4 Å². The summed E-state index contributed by atoms with van der Waals surface area (Å²) in [6, 6.07) is 12.1. The molecule has 1 aromatic heterocycles. The Morgan fingerprint density at radius 1 is 1.15 bits per heavy atom. The van der Waals surface area contributed by atoms with Crippen LogP contribution in [0.15, 0.2) is 48.7 Å². The average Bonchev–Trinajstić information content (AvgIpc) is 2.63. The normalized spacial score (nSPS) is 10.8. The predicted octanol–water partition coefficient (Wildman–Crippen LogP) is 3.44. The quantitative estimate of drug-likeness (QED) is 0.733. The number of carbonyl (C=O) groups is 1. The molecule has 0 bridgehead atoms. The molecule has 0 aliphatic heterocycles. The van der Waals surface area contributed by atoms with Crippen LogP contribution >= 0.6 is 12.4 Å². The van der Waals surface area contributed by atoms with Crippen LogP contribution in [0.5, 0.6) is 5.88 Å². The molecular formula is C18H21ClF3N3O2. The molecule has 0 spiro atoms. The number of hydrogen-bond donors (Lipinski definition) is 1. The van der Waals surface area contributed by atoms with Crippen LogP contribution in [-0.4, -0.2) is 41.7 Å². The van der Waals surface area contributed by atoms with Gasteiger partial charge in [-0.3, -0.25) is 4.79 Å². The lowest BCUT2D eigenvalue weighted by Crippen LogP contribution is -2.32. The third kappa shape index (κ3) is 7.84. The van der Waals surface area contributed by atoms with Crippen molar-refractivity contribution in [1.29, 1.82) is 0 Å². The summed E-state index contributed by atoms with van der Waals surface area (Å²) in [4.78, 5) is 18.1. The fourth-order valence-corrected chi connectivity index (χ4v) is 2.27. The Kier molecular flexibility index (Phi) is 9.04. The van der Waals surface area contributed by atoms with Gasteiger partial charge in [-0.1, -0.05) is 30.3 Å². The van der Waals surface area contributed by atoms with E-state index >= 15 is 0 Å². The molecule has 0 aliphatic rings. The first kappa shape index (κ1) is 22.7. The van der Waals surface area contributed by atoms with Crippen molar-refractivity contribution in [2.45, 2.75) is 19.1 Å². The second-order valence-electron chi connectivity index (χ2n) is 5.64. The minimum atomic E-state index is -4.44. The molecule has 0 radical (unpaired) electrons. The molecule has 148 valence electrons. The zero-order valence-corrected chi connectivity index (χ0v) is 15.3. The number of carbonyl (C=O) groups excluding carboxylic acids is 1. The second-order valence-corrected chi connectivity index (χ2v) is 5.64. The Bertz CT molecular complexity index is 697. The third-order valence-corrected chi connectivity index (χ3v) is 3.50. The Labute approximate surface area is 161 Å². The van der Waals surface area contributed by atoms with Crippen LogP contribution in [0.25, 0.3) is 0 Å². The van der Waals surface area contributed by atoms with Crippen molar-refractivity contribution in [3.05, 3.63) is 59.8 Å². The van der Waals surface area contributed by atoms with E-state index in [-0.39, 0.29) is 29.8 Å².